The van der Waals surface area contributed by atoms with Crippen LogP contribution in [-0.2, 0) is 19.6 Å². The van der Waals surface area contributed by atoms with Crippen LogP contribution in [0.1, 0.15) is 37.5 Å². The molecule has 0 spiro atoms. The highest BCUT2D eigenvalue weighted by atomic mass is 32.2. The van der Waals surface area contributed by atoms with E-state index in [-0.39, 0.29) is 18.4 Å². The van der Waals surface area contributed by atoms with Crippen molar-refractivity contribution in [1.29, 1.82) is 0 Å². The lowest BCUT2D eigenvalue weighted by molar-refractivity contribution is -0.137. The van der Waals surface area contributed by atoms with Gasteiger partial charge in [0.25, 0.3) is 10.0 Å². The third-order valence-corrected chi connectivity index (χ3v) is 8.04. The van der Waals surface area contributed by atoms with Gasteiger partial charge in [-0.2, -0.15) is 4.31 Å². The number of unbranched alkanes of at least 4 members (excludes halogenated alkanes) is 1. The highest BCUT2D eigenvalue weighted by Crippen LogP contribution is 2.28. The maximum Gasteiger partial charge on any atom is 0.252 e. The molecule has 6 nitrogen and oxygen atoms in total. The Morgan fingerprint density at radius 3 is 2.77 bits per heavy atom. The summed E-state index contributed by atoms with van der Waals surface area (Å²) in [5.41, 5.74) is 0. The number of hydrogen-bond donors (Lipinski definition) is 0. The summed E-state index contributed by atoms with van der Waals surface area (Å²) in [6.07, 6.45) is 3.41. The summed E-state index contributed by atoms with van der Waals surface area (Å²) in [5, 5.41) is 0. The van der Waals surface area contributed by atoms with Crippen LogP contribution >= 0.6 is 11.3 Å². The predicted molar refractivity (Wildman–Crippen MR) is 104 cm³/mol. The van der Waals surface area contributed by atoms with Gasteiger partial charge in [0.05, 0.1) is 12.5 Å². The minimum absolute atomic E-state index is 0.0535. The van der Waals surface area contributed by atoms with Gasteiger partial charge in [0, 0.05) is 38.2 Å². The number of amides is 1. The number of carbonyl (C=O) groups is 1. The molecule has 0 aromatic carbocycles. The van der Waals surface area contributed by atoms with E-state index in [0.29, 0.717) is 36.9 Å². The zero-order chi connectivity index (χ0) is 19.2. The molecule has 0 N–H and O–H groups in total. The SMILES string of the molecule is CCCCN(CCOC)C(=O)C1CCCN(S(=O)(=O)c2ccc(C)s2)C1. The zero-order valence-corrected chi connectivity index (χ0v) is 17.6. The zero-order valence-electron chi connectivity index (χ0n) is 15.9. The first-order chi connectivity index (χ1) is 12.4. The van der Waals surface area contributed by atoms with Gasteiger partial charge < -0.3 is 9.64 Å². The molecule has 1 saturated heterocycles. The smallest absolute Gasteiger partial charge is 0.252 e. The standard InChI is InChI=1S/C18H30N2O4S2/c1-4-5-10-19(12-13-24-3)18(21)16-7-6-11-20(14-16)26(22,23)17-9-8-15(2)25-17/h8-9,16H,4-7,10-14H2,1-3H3. The second-order valence-electron chi connectivity index (χ2n) is 6.74. The molecule has 1 aromatic heterocycles. The maximum absolute atomic E-state index is 13.0. The third-order valence-electron chi connectivity index (χ3n) is 4.70. The first-order valence-corrected chi connectivity index (χ1v) is 11.5. The lowest BCUT2D eigenvalue weighted by Gasteiger charge is -2.34. The number of piperidine rings is 1. The Bertz CT molecular complexity index is 679. The normalized spacial score (nSPS) is 18.8. The number of ether oxygens (including phenoxy) is 1. The van der Waals surface area contributed by atoms with Crippen molar-refractivity contribution in [3.63, 3.8) is 0 Å². The molecule has 8 heteroatoms. The molecular weight excluding hydrogens is 372 g/mol. The van der Waals surface area contributed by atoms with Gasteiger partial charge in [0.15, 0.2) is 0 Å². The van der Waals surface area contributed by atoms with Crippen LogP contribution in [0, 0.1) is 12.8 Å². The fourth-order valence-electron chi connectivity index (χ4n) is 3.18. The molecule has 0 radical (unpaired) electrons. The maximum atomic E-state index is 13.0. The van der Waals surface area contributed by atoms with Crippen molar-refractivity contribution in [3.8, 4) is 0 Å². The Balaban J connectivity index is 2.09. The Hall–Kier alpha value is -0.960. The molecule has 2 rings (SSSR count). The monoisotopic (exact) mass is 402 g/mol. The van der Waals surface area contributed by atoms with Crippen LogP contribution in [0.25, 0.3) is 0 Å². The Labute approximate surface area is 161 Å². The lowest BCUT2D eigenvalue weighted by Crippen LogP contribution is -2.47. The minimum atomic E-state index is -3.51. The number of sulfonamides is 1. The van der Waals surface area contributed by atoms with Gasteiger partial charge in [0.2, 0.25) is 5.91 Å². The van der Waals surface area contributed by atoms with E-state index < -0.39 is 10.0 Å². The fraction of sp³-hybridized carbons (Fsp3) is 0.722. The summed E-state index contributed by atoms with van der Waals surface area (Å²) in [7, 11) is -1.89. The summed E-state index contributed by atoms with van der Waals surface area (Å²) >= 11 is 1.28. The number of rotatable bonds is 9. The van der Waals surface area contributed by atoms with Gasteiger partial charge in [0.1, 0.15) is 4.21 Å². The van der Waals surface area contributed by atoms with Gasteiger partial charge in [-0.1, -0.05) is 13.3 Å². The topological polar surface area (TPSA) is 66.9 Å². The van der Waals surface area contributed by atoms with Crippen LogP contribution in [0.5, 0.6) is 0 Å². The van der Waals surface area contributed by atoms with Crippen LogP contribution < -0.4 is 0 Å². The molecule has 1 fully saturated rings. The summed E-state index contributed by atoms with van der Waals surface area (Å²) in [5.74, 6) is -0.217. The van der Waals surface area contributed by atoms with Crippen LogP contribution in [0.3, 0.4) is 0 Å². The van der Waals surface area contributed by atoms with E-state index in [9.17, 15) is 13.2 Å². The molecule has 1 aliphatic heterocycles. The van der Waals surface area contributed by atoms with E-state index in [1.807, 2.05) is 17.9 Å². The number of hydrogen-bond acceptors (Lipinski definition) is 5. The molecule has 0 bridgehead atoms. The molecule has 1 amide bonds. The Kier molecular flexibility index (Phi) is 8.06. The van der Waals surface area contributed by atoms with E-state index >= 15 is 0 Å². The third kappa shape index (κ3) is 5.28. The van der Waals surface area contributed by atoms with Crippen molar-refractivity contribution in [3.05, 3.63) is 17.0 Å². The average molecular weight is 403 g/mol. The van der Waals surface area contributed by atoms with E-state index in [1.165, 1.54) is 15.6 Å². The van der Waals surface area contributed by atoms with E-state index in [0.717, 1.165) is 24.1 Å². The molecule has 26 heavy (non-hydrogen) atoms. The van der Waals surface area contributed by atoms with Crippen LogP contribution in [0.15, 0.2) is 16.3 Å². The molecule has 148 valence electrons. The first kappa shape index (κ1) is 21.3. The minimum Gasteiger partial charge on any atom is -0.383 e. The second kappa shape index (κ2) is 9.82. The molecule has 0 saturated carbocycles. The van der Waals surface area contributed by atoms with Crippen LogP contribution in [0.2, 0.25) is 0 Å². The molecule has 1 aromatic rings. The number of nitrogens with zero attached hydrogens (tertiary/aromatic N) is 2. The molecule has 0 aliphatic carbocycles. The van der Waals surface area contributed by atoms with E-state index in [1.54, 1.807) is 13.2 Å². The van der Waals surface area contributed by atoms with Gasteiger partial charge in [-0.15, -0.1) is 11.3 Å². The molecule has 1 unspecified atom stereocenters. The highest BCUT2D eigenvalue weighted by molar-refractivity contribution is 7.91. The van der Waals surface area contributed by atoms with Crippen molar-refractivity contribution >= 4 is 27.3 Å². The summed E-state index contributed by atoms with van der Waals surface area (Å²) in [6.45, 7) is 6.50. The largest absolute Gasteiger partial charge is 0.383 e. The van der Waals surface area contributed by atoms with Crippen LogP contribution in [0.4, 0.5) is 0 Å². The summed E-state index contributed by atoms with van der Waals surface area (Å²) in [6, 6.07) is 3.48. The lowest BCUT2D eigenvalue weighted by atomic mass is 9.98. The van der Waals surface area contributed by atoms with Gasteiger partial charge in [-0.05, 0) is 38.3 Å². The molecule has 1 atom stereocenters. The number of thiophene rings is 1. The van der Waals surface area contributed by atoms with Crippen molar-refractivity contribution in [2.24, 2.45) is 5.92 Å². The van der Waals surface area contributed by atoms with Crippen molar-refractivity contribution < 1.29 is 17.9 Å². The summed E-state index contributed by atoms with van der Waals surface area (Å²) < 4.78 is 32.7. The molecule has 2 heterocycles. The van der Waals surface area contributed by atoms with Crippen molar-refractivity contribution in [2.45, 2.75) is 43.7 Å². The van der Waals surface area contributed by atoms with Crippen LogP contribution in [-0.4, -0.2) is 63.4 Å². The number of methoxy groups -OCH3 is 1. The quantitative estimate of drug-likeness (QED) is 0.637. The van der Waals surface area contributed by atoms with Gasteiger partial charge >= 0.3 is 0 Å². The highest BCUT2D eigenvalue weighted by Gasteiger charge is 2.35. The number of aryl methyl sites for hydroxylation is 1. The molecule has 1 aliphatic rings. The fourth-order valence-corrected chi connectivity index (χ4v) is 6.14. The average Bonchev–Trinajstić information content (AvgIpc) is 3.09. The van der Waals surface area contributed by atoms with E-state index in [4.69, 9.17) is 4.74 Å². The summed E-state index contributed by atoms with van der Waals surface area (Å²) in [4.78, 5) is 15.8. The number of carbonyl (C=O) groups excluding carboxylic acids is 1. The second-order valence-corrected chi connectivity index (χ2v) is 10.2. The predicted octanol–water partition coefficient (Wildman–Crippen LogP) is 2.73. The van der Waals surface area contributed by atoms with Gasteiger partial charge in [-0.25, -0.2) is 8.42 Å². The van der Waals surface area contributed by atoms with E-state index in [2.05, 4.69) is 6.92 Å². The van der Waals surface area contributed by atoms with Crippen molar-refractivity contribution in [2.75, 3.05) is 39.9 Å². The molecular formula is C18H30N2O4S2. The van der Waals surface area contributed by atoms with Crippen molar-refractivity contribution in [1.82, 2.24) is 9.21 Å². The Morgan fingerprint density at radius 2 is 2.15 bits per heavy atom. The Morgan fingerprint density at radius 1 is 1.38 bits per heavy atom. The van der Waals surface area contributed by atoms with Gasteiger partial charge in [-0.3, -0.25) is 4.79 Å². The first-order valence-electron chi connectivity index (χ1n) is 9.24.